The SMILES string of the molecule is CNC1=C(/C=N/c2cc(C(=O)N3CCC(c4ccc(C#N)cc4)CC3)c(C)cc2C)CCOCC1. The van der Waals surface area contributed by atoms with Crippen molar-refractivity contribution in [3.63, 3.8) is 0 Å². The number of piperidine rings is 1. The van der Waals surface area contributed by atoms with Gasteiger partial charge in [0.15, 0.2) is 0 Å². The van der Waals surface area contributed by atoms with Gasteiger partial charge in [-0.3, -0.25) is 9.79 Å². The predicted molar refractivity (Wildman–Crippen MR) is 139 cm³/mol. The maximum Gasteiger partial charge on any atom is 0.254 e. The van der Waals surface area contributed by atoms with Gasteiger partial charge in [0.05, 0.1) is 30.5 Å². The molecule has 2 aromatic rings. The summed E-state index contributed by atoms with van der Waals surface area (Å²) in [5, 5.41) is 12.3. The molecule has 0 unspecified atom stereocenters. The molecule has 35 heavy (non-hydrogen) atoms. The highest BCUT2D eigenvalue weighted by atomic mass is 16.5. The summed E-state index contributed by atoms with van der Waals surface area (Å²) in [7, 11) is 1.94. The topological polar surface area (TPSA) is 77.7 Å². The molecule has 0 bridgehead atoms. The molecule has 0 aromatic heterocycles. The Morgan fingerprint density at radius 3 is 2.51 bits per heavy atom. The van der Waals surface area contributed by atoms with E-state index in [0.29, 0.717) is 18.1 Å². The van der Waals surface area contributed by atoms with Gasteiger partial charge in [0.1, 0.15) is 0 Å². The van der Waals surface area contributed by atoms with Crippen molar-refractivity contribution in [1.29, 1.82) is 5.26 Å². The van der Waals surface area contributed by atoms with Gasteiger partial charge in [-0.1, -0.05) is 18.2 Å². The second kappa shape index (κ2) is 11.3. The molecule has 1 saturated heterocycles. The molecule has 182 valence electrons. The average Bonchev–Trinajstić information content (AvgIpc) is 3.13. The largest absolute Gasteiger partial charge is 0.391 e. The minimum Gasteiger partial charge on any atom is -0.391 e. The van der Waals surface area contributed by atoms with Gasteiger partial charge in [0.25, 0.3) is 5.91 Å². The summed E-state index contributed by atoms with van der Waals surface area (Å²) in [5.41, 5.74) is 7.86. The number of hydrogen-bond acceptors (Lipinski definition) is 5. The zero-order valence-electron chi connectivity index (χ0n) is 20.9. The molecule has 6 heteroatoms. The highest BCUT2D eigenvalue weighted by Crippen LogP contribution is 2.30. The van der Waals surface area contributed by atoms with Crippen LogP contribution in [-0.4, -0.2) is 50.4 Å². The Bertz CT molecular complexity index is 1170. The molecule has 6 nitrogen and oxygen atoms in total. The Hall–Kier alpha value is -3.43. The second-order valence-electron chi connectivity index (χ2n) is 9.38. The highest BCUT2D eigenvalue weighted by molar-refractivity contribution is 5.97. The van der Waals surface area contributed by atoms with Crippen LogP contribution < -0.4 is 5.32 Å². The summed E-state index contributed by atoms with van der Waals surface area (Å²) in [6, 6.07) is 14.0. The molecule has 2 aliphatic rings. The van der Waals surface area contributed by atoms with Gasteiger partial charge in [0.2, 0.25) is 0 Å². The van der Waals surface area contributed by atoms with Crippen LogP contribution in [0.1, 0.15) is 64.2 Å². The maximum atomic E-state index is 13.5. The number of amides is 1. The first-order chi connectivity index (χ1) is 17.0. The van der Waals surface area contributed by atoms with E-state index in [1.165, 1.54) is 5.56 Å². The van der Waals surface area contributed by atoms with Gasteiger partial charge in [-0.15, -0.1) is 0 Å². The molecular weight excluding hydrogens is 436 g/mol. The standard InChI is InChI=1S/C29H34N4O2/c1-20-16-21(2)28(32-19-25-10-14-35-15-11-27(25)31-3)17-26(20)29(34)33-12-8-24(9-13-33)23-6-4-22(18-30)5-7-23/h4-7,16-17,19,24,31H,8-15H2,1-3H3/b32-19+. The van der Waals surface area contributed by atoms with Crippen LogP contribution >= 0.6 is 0 Å². The number of carbonyl (C=O) groups excluding carboxylic acids is 1. The third-order valence-corrected chi connectivity index (χ3v) is 7.13. The monoisotopic (exact) mass is 470 g/mol. The summed E-state index contributed by atoms with van der Waals surface area (Å²) in [6.07, 6.45) is 5.46. The van der Waals surface area contributed by atoms with Crippen LogP contribution in [0.2, 0.25) is 0 Å². The number of nitrogens with one attached hydrogen (secondary N) is 1. The van der Waals surface area contributed by atoms with E-state index in [1.807, 2.05) is 62.3 Å². The van der Waals surface area contributed by atoms with Gasteiger partial charge < -0.3 is 15.0 Å². The molecule has 2 aliphatic heterocycles. The van der Waals surface area contributed by atoms with E-state index in [9.17, 15) is 4.79 Å². The Balaban J connectivity index is 1.48. The summed E-state index contributed by atoms with van der Waals surface area (Å²) in [5.74, 6) is 0.500. The molecule has 0 spiro atoms. The highest BCUT2D eigenvalue weighted by Gasteiger charge is 2.26. The molecule has 0 saturated carbocycles. The van der Waals surface area contributed by atoms with Crippen LogP contribution in [0.3, 0.4) is 0 Å². The fourth-order valence-electron chi connectivity index (χ4n) is 4.97. The van der Waals surface area contributed by atoms with Crippen LogP contribution in [0.4, 0.5) is 5.69 Å². The zero-order valence-corrected chi connectivity index (χ0v) is 20.9. The smallest absolute Gasteiger partial charge is 0.254 e. The van der Waals surface area contributed by atoms with Crippen molar-refractivity contribution in [1.82, 2.24) is 10.2 Å². The maximum absolute atomic E-state index is 13.5. The van der Waals surface area contributed by atoms with Gasteiger partial charge in [-0.2, -0.15) is 5.26 Å². The van der Waals surface area contributed by atoms with Crippen molar-refractivity contribution in [2.24, 2.45) is 4.99 Å². The van der Waals surface area contributed by atoms with Gasteiger partial charge in [0, 0.05) is 44.0 Å². The number of aliphatic imine (C=N–C) groups is 1. The van der Waals surface area contributed by atoms with Crippen molar-refractivity contribution in [2.75, 3.05) is 33.4 Å². The summed E-state index contributed by atoms with van der Waals surface area (Å²) in [4.78, 5) is 20.2. The number of nitrogens with zero attached hydrogens (tertiary/aromatic N) is 3. The molecule has 2 heterocycles. The second-order valence-corrected chi connectivity index (χ2v) is 9.38. The van der Waals surface area contributed by atoms with Gasteiger partial charge in [-0.25, -0.2) is 0 Å². The number of likely N-dealkylation sites (tertiary alicyclic amines) is 1. The fourth-order valence-corrected chi connectivity index (χ4v) is 4.97. The zero-order chi connectivity index (χ0) is 24.8. The van der Waals surface area contributed by atoms with Crippen LogP contribution in [0.25, 0.3) is 0 Å². The van der Waals surface area contributed by atoms with E-state index in [1.54, 1.807) is 0 Å². The average molecular weight is 471 g/mol. The van der Waals surface area contributed by atoms with Crippen LogP contribution in [0.5, 0.6) is 0 Å². The molecule has 1 N–H and O–H groups in total. The number of aryl methyl sites for hydroxylation is 2. The van der Waals surface area contributed by atoms with E-state index in [0.717, 1.165) is 79.0 Å². The quantitative estimate of drug-likeness (QED) is 0.611. The van der Waals surface area contributed by atoms with Crippen LogP contribution in [-0.2, 0) is 4.74 Å². The van der Waals surface area contributed by atoms with Crippen molar-refractivity contribution in [3.05, 3.63) is 75.5 Å². The number of ether oxygens (including phenoxy) is 1. The van der Waals surface area contributed by atoms with E-state index >= 15 is 0 Å². The van der Waals surface area contributed by atoms with Crippen molar-refractivity contribution in [3.8, 4) is 6.07 Å². The summed E-state index contributed by atoms with van der Waals surface area (Å²) < 4.78 is 5.61. The van der Waals surface area contributed by atoms with E-state index < -0.39 is 0 Å². The third kappa shape index (κ3) is 5.80. The number of rotatable bonds is 5. The van der Waals surface area contributed by atoms with Gasteiger partial charge >= 0.3 is 0 Å². The lowest BCUT2D eigenvalue weighted by atomic mass is 9.88. The normalized spacial score (nSPS) is 17.4. The minimum absolute atomic E-state index is 0.0789. The lowest BCUT2D eigenvalue weighted by Crippen LogP contribution is -2.38. The fraction of sp³-hybridized carbons (Fsp3) is 0.414. The van der Waals surface area contributed by atoms with Crippen LogP contribution in [0.15, 0.2) is 52.7 Å². The molecule has 4 rings (SSSR count). The third-order valence-electron chi connectivity index (χ3n) is 7.13. The molecular formula is C29H34N4O2. The summed E-state index contributed by atoms with van der Waals surface area (Å²) in [6.45, 7) is 6.92. The molecule has 2 aromatic carbocycles. The number of nitriles is 1. The predicted octanol–water partition coefficient (Wildman–Crippen LogP) is 5.18. The molecule has 1 fully saturated rings. The molecule has 1 amide bonds. The number of carbonyl (C=O) groups is 1. The molecule has 0 radical (unpaired) electrons. The minimum atomic E-state index is 0.0789. The first kappa shape index (κ1) is 24.7. The first-order valence-corrected chi connectivity index (χ1v) is 12.4. The van der Waals surface area contributed by atoms with E-state index in [-0.39, 0.29) is 5.91 Å². The number of benzene rings is 2. The molecule has 0 aliphatic carbocycles. The summed E-state index contributed by atoms with van der Waals surface area (Å²) >= 11 is 0. The van der Waals surface area contributed by atoms with Crippen molar-refractivity contribution < 1.29 is 9.53 Å². The van der Waals surface area contributed by atoms with E-state index in [4.69, 9.17) is 15.0 Å². The lowest BCUT2D eigenvalue weighted by molar-refractivity contribution is 0.0712. The first-order valence-electron chi connectivity index (χ1n) is 12.4. The number of hydrogen-bond donors (Lipinski definition) is 1. The van der Waals surface area contributed by atoms with Crippen molar-refractivity contribution >= 4 is 17.8 Å². The Labute approximate surface area is 208 Å². The Morgan fingerprint density at radius 2 is 1.83 bits per heavy atom. The molecule has 0 atom stereocenters. The lowest BCUT2D eigenvalue weighted by Gasteiger charge is -2.32. The van der Waals surface area contributed by atoms with Crippen LogP contribution in [0, 0.1) is 25.2 Å². The Morgan fingerprint density at radius 1 is 1.11 bits per heavy atom. The Kier molecular flexibility index (Phi) is 7.99. The van der Waals surface area contributed by atoms with Crippen molar-refractivity contribution in [2.45, 2.75) is 45.4 Å². The van der Waals surface area contributed by atoms with Gasteiger partial charge in [-0.05, 0) is 79.5 Å². The van der Waals surface area contributed by atoms with E-state index in [2.05, 4.69) is 17.5 Å².